The zero-order valence-corrected chi connectivity index (χ0v) is 10.8. The lowest BCUT2D eigenvalue weighted by atomic mass is 9.91. The Morgan fingerprint density at radius 1 is 1.44 bits per heavy atom. The first kappa shape index (κ1) is 12.3. The number of rotatable bonds is 2. The molecule has 2 heterocycles. The van der Waals surface area contributed by atoms with Gasteiger partial charge in [-0.15, -0.1) is 0 Å². The Labute approximate surface area is 104 Å². The summed E-state index contributed by atoms with van der Waals surface area (Å²) in [6.45, 7) is 5.67. The lowest BCUT2D eigenvalue weighted by molar-refractivity contribution is 0.0659. The van der Waals surface area contributed by atoms with Crippen molar-refractivity contribution in [3.63, 3.8) is 0 Å². The van der Waals surface area contributed by atoms with Gasteiger partial charge in [0.05, 0.1) is 6.33 Å². The van der Waals surface area contributed by atoms with Crippen LogP contribution >= 0.6 is 0 Å². The van der Waals surface area contributed by atoms with Crippen molar-refractivity contribution < 1.29 is 14.3 Å². The van der Waals surface area contributed by atoms with E-state index in [0.717, 1.165) is 0 Å². The summed E-state index contributed by atoms with van der Waals surface area (Å²) in [5, 5.41) is 9.14. The summed E-state index contributed by atoms with van der Waals surface area (Å²) >= 11 is 0. The molecule has 0 aliphatic rings. The van der Waals surface area contributed by atoms with Crippen LogP contribution in [0.5, 0.6) is 0 Å². The summed E-state index contributed by atoms with van der Waals surface area (Å²) in [5.41, 5.74) is 0.552. The molecule has 6 heteroatoms. The van der Waals surface area contributed by atoms with Gasteiger partial charge in [-0.25, -0.2) is 14.8 Å². The minimum absolute atomic E-state index is 0.122. The van der Waals surface area contributed by atoms with Crippen molar-refractivity contribution in [1.82, 2.24) is 14.5 Å². The highest BCUT2D eigenvalue weighted by Gasteiger charge is 2.29. The summed E-state index contributed by atoms with van der Waals surface area (Å²) in [6, 6.07) is 0. The quantitative estimate of drug-likeness (QED) is 0.881. The first-order valence-electron chi connectivity index (χ1n) is 5.52. The predicted octanol–water partition coefficient (Wildman–Crippen LogP) is 2.07. The van der Waals surface area contributed by atoms with Crippen LogP contribution in [0, 0.1) is 0 Å². The average Bonchev–Trinajstić information content (AvgIpc) is 2.81. The second-order valence-electron chi connectivity index (χ2n) is 5.18. The van der Waals surface area contributed by atoms with Crippen LogP contribution < -0.4 is 0 Å². The molecule has 1 N–H and O–H groups in total. The smallest absolute Gasteiger partial charge is 0.373 e. The third-order valence-electron chi connectivity index (χ3n) is 2.46. The number of nitrogens with zero attached hydrogens (tertiary/aromatic N) is 3. The Bertz CT molecular complexity index is 590. The minimum atomic E-state index is -1.12. The van der Waals surface area contributed by atoms with Crippen LogP contribution in [-0.2, 0) is 12.5 Å². The Balaban J connectivity index is 2.56. The zero-order chi connectivity index (χ0) is 13.5. The molecule has 18 heavy (non-hydrogen) atoms. The maximum Gasteiger partial charge on any atom is 0.373 e. The van der Waals surface area contributed by atoms with E-state index in [4.69, 9.17) is 9.52 Å². The molecular formula is C12H15N3O3. The van der Waals surface area contributed by atoms with E-state index < -0.39 is 11.4 Å². The number of carboxylic acids is 1. The lowest BCUT2D eigenvalue weighted by Crippen LogP contribution is -2.16. The lowest BCUT2D eigenvalue weighted by Gasteiger charge is -2.14. The van der Waals surface area contributed by atoms with Gasteiger partial charge in [0, 0.05) is 18.7 Å². The van der Waals surface area contributed by atoms with Gasteiger partial charge in [-0.3, -0.25) is 0 Å². The summed E-state index contributed by atoms with van der Waals surface area (Å²) < 4.78 is 7.06. The van der Waals surface area contributed by atoms with Crippen LogP contribution in [0.3, 0.4) is 0 Å². The van der Waals surface area contributed by atoms with Gasteiger partial charge >= 0.3 is 5.97 Å². The largest absolute Gasteiger partial charge is 0.475 e. The fourth-order valence-corrected chi connectivity index (χ4v) is 1.61. The van der Waals surface area contributed by atoms with Gasteiger partial charge in [-0.05, 0) is 0 Å². The summed E-state index contributed by atoms with van der Waals surface area (Å²) in [5.74, 6) is -1.00. The Hall–Kier alpha value is -2.11. The van der Waals surface area contributed by atoms with Gasteiger partial charge < -0.3 is 14.1 Å². The van der Waals surface area contributed by atoms with E-state index in [9.17, 15) is 4.79 Å². The van der Waals surface area contributed by atoms with E-state index >= 15 is 0 Å². The first-order chi connectivity index (χ1) is 8.29. The van der Waals surface area contributed by atoms with Crippen molar-refractivity contribution >= 4 is 5.97 Å². The molecule has 0 unspecified atom stereocenters. The molecular weight excluding hydrogens is 234 g/mol. The van der Waals surface area contributed by atoms with E-state index in [1.807, 2.05) is 27.8 Å². The number of carbonyl (C=O) groups is 1. The molecule has 6 nitrogen and oxygen atoms in total. The van der Waals surface area contributed by atoms with Gasteiger partial charge in [0.2, 0.25) is 11.7 Å². The number of aromatic carboxylic acids is 1. The third kappa shape index (κ3) is 2.13. The summed E-state index contributed by atoms with van der Waals surface area (Å²) in [4.78, 5) is 19.5. The van der Waals surface area contributed by atoms with Gasteiger partial charge in [0.1, 0.15) is 11.4 Å². The van der Waals surface area contributed by atoms with Crippen molar-refractivity contribution in [3.8, 4) is 11.6 Å². The highest BCUT2D eigenvalue weighted by molar-refractivity contribution is 5.86. The standard InChI is InChI=1S/C12H15N3O3/c1-12(2,3)9-8(11(16)17)18-10(14-9)7-5-15(4)6-13-7/h5-6H,1-4H3,(H,16,17). The highest BCUT2D eigenvalue weighted by Crippen LogP contribution is 2.29. The number of aromatic nitrogens is 3. The molecule has 0 amide bonds. The first-order valence-corrected chi connectivity index (χ1v) is 5.52. The molecule has 0 aliphatic carbocycles. The molecule has 2 aromatic heterocycles. The van der Waals surface area contributed by atoms with Crippen molar-refractivity contribution in [2.75, 3.05) is 0 Å². The molecule has 0 atom stereocenters. The van der Waals surface area contributed by atoms with Crippen molar-refractivity contribution in [1.29, 1.82) is 0 Å². The maximum atomic E-state index is 11.2. The van der Waals surface area contributed by atoms with Crippen LogP contribution in [-0.4, -0.2) is 25.6 Å². The van der Waals surface area contributed by atoms with Crippen LogP contribution in [0.2, 0.25) is 0 Å². The van der Waals surface area contributed by atoms with E-state index in [2.05, 4.69) is 9.97 Å². The highest BCUT2D eigenvalue weighted by atomic mass is 16.4. The van der Waals surface area contributed by atoms with E-state index in [0.29, 0.717) is 11.4 Å². The van der Waals surface area contributed by atoms with Crippen molar-refractivity contribution in [2.45, 2.75) is 26.2 Å². The predicted molar refractivity (Wildman–Crippen MR) is 64.4 cm³/mol. The maximum absolute atomic E-state index is 11.2. The monoisotopic (exact) mass is 249 g/mol. The van der Waals surface area contributed by atoms with Crippen LogP contribution in [0.25, 0.3) is 11.6 Å². The molecule has 2 aromatic rings. The van der Waals surface area contributed by atoms with E-state index in [-0.39, 0.29) is 11.7 Å². The number of hydrogen-bond acceptors (Lipinski definition) is 4. The number of aryl methyl sites for hydroxylation is 1. The van der Waals surface area contributed by atoms with E-state index in [1.165, 1.54) is 0 Å². The molecule has 96 valence electrons. The molecule has 0 fully saturated rings. The molecule has 0 saturated heterocycles. The van der Waals surface area contributed by atoms with Gasteiger partial charge in [0.15, 0.2) is 0 Å². The van der Waals surface area contributed by atoms with E-state index in [1.54, 1.807) is 17.1 Å². The fourth-order valence-electron chi connectivity index (χ4n) is 1.61. The SMILES string of the molecule is Cn1cnc(-c2nc(C(C)(C)C)c(C(=O)O)o2)c1. The Kier molecular flexibility index (Phi) is 2.73. The zero-order valence-electron chi connectivity index (χ0n) is 10.8. The topological polar surface area (TPSA) is 81.2 Å². The van der Waals surface area contributed by atoms with Crippen molar-refractivity contribution in [3.05, 3.63) is 24.0 Å². The molecule has 0 radical (unpaired) electrons. The second-order valence-corrected chi connectivity index (χ2v) is 5.18. The number of imidazole rings is 1. The summed E-state index contributed by atoms with van der Waals surface area (Å²) in [6.07, 6.45) is 3.33. The van der Waals surface area contributed by atoms with Gasteiger partial charge in [-0.2, -0.15) is 0 Å². The molecule has 0 saturated carbocycles. The van der Waals surface area contributed by atoms with Crippen molar-refractivity contribution in [2.24, 2.45) is 7.05 Å². The second kappa shape index (κ2) is 3.97. The van der Waals surface area contributed by atoms with Crippen LogP contribution in [0.15, 0.2) is 16.9 Å². The minimum Gasteiger partial charge on any atom is -0.475 e. The molecule has 0 bridgehead atoms. The van der Waals surface area contributed by atoms with Gasteiger partial charge in [-0.1, -0.05) is 20.8 Å². The Morgan fingerprint density at radius 2 is 2.11 bits per heavy atom. The van der Waals surface area contributed by atoms with Gasteiger partial charge in [0.25, 0.3) is 0 Å². The molecule has 0 aromatic carbocycles. The number of hydrogen-bond donors (Lipinski definition) is 1. The summed E-state index contributed by atoms with van der Waals surface area (Å²) in [7, 11) is 1.82. The number of carboxylic acid groups (broad SMARTS) is 1. The third-order valence-corrected chi connectivity index (χ3v) is 2.46. The molecule has 0 aliphatic heterocycles. The average molecular weight is 249 g/mol. The molecule has 0 spiro atoms. The molecule has 2 rings (SSSR count). The number of oxazole rings is 1. The van der Waals surface area contributed by atoms with Crippen LogP contribution in [0.4, 0.5) is 0 Å². The fraction of sp³-hybridized carbons (Fsp3) is 0.417. The Morgan fingerprint density at radius 3 is 2.50 bits per heavy atom. The van der Waals surface area contributed by atoms with Crippen LogP contribution in [0.1, 0.15) is 37.0 Å². The normalized spacial score (nSPS) is 11.8.